The lowest BCUT2D eigenvalue weighted by Gasteiger charge is -2.09. The predicted octanol–water partition coefficient (Wildman–Crippen LogP) is 4.33. The number of aromatic amines is 1. The average Bonchev–Trinajstić information content (AvgIpc) is 3.36. The van der Waals surface area contributed by atoms with E-state index in [9.17, 15) is 14.7 Å². The minimum absolute atomic E-state index is 0.131. The van der Waals surface area contributed by atoms with Crippen LogP contribution in [0.5, 0.6) is 5.88 Å². The van der Waals surface area contributed by atoms with E-state index < -0.39 is 11.2 Å². The van der Waals surface area contributed by atoms with Gasteiger partial charge in [0.2, 0.25) is 5.88 Å². The molecule has 0 radical (unpaired) electrons. The molecular formula is C23H20BrN7O3. The van der Waals surface area contributed by atoms with Crippen LogP contribution in [0.15, 0.2) is 72.8 Å². The van der Waals surface area contributed by atoms with E-state index in [0.29, 0.717) is 17.4 Å². The second-order valence-electron chi connectivity index (χ2n) is 7.76. The molecule has 5 aromatic rings. The van der Waals surface area contributed by atoms with Crippen LogP contribution in [0.1, 0.15) is 12.5 Å². The Morgan fingerprint density at radius 1 is 1.09 bits per heavy atom. The second-order valence-corrected chi connectivity index (χ2v) is 8.67. The Kier molecular flexibility index (Phi) is 5.40. The first-order valence-corrected chi connectivity index (χ1v) is 11.3. The van der Waals surface area contributed by atoms with Gasteiger partial charge in [-0.1, -0.05) is 46.3 Å². The number of aryl methyl sites for hydroxylation is 2. The zero-order valence-corrected chi connectivity index (χ0v) is 19.9. The van der Waals surface area contributed by atoms with Gasteiger partial charge in [-0.15, -0.1) is 10.2 Å². The molecule has 0 atom stereocenters. The molecule has 10 nitrogen and oxygen atoms in total. The zero-order chi connectivity index (χ0) is 24.0. The van der Waals surface area contributed by atoms with Crippen molar-refractivity contribution < 1.29 is 5.11 Å². The molecule has 0 fully saturated rings. The molecule has 2 aromatic carbocycles. The first-order valence-electron chi connectivity index (χ1n) is 10.5. The maximum absolute atomic E-state index is 13.4. The molecule has 0 saturated heterocycles. The van der Waals surface area contributed by atoms with Gasteiger partial charge in [-0.2, -0.15) is 4.98 Å². The van der Waals surface area contributed by atoms with Crippen molar-refractivity contribution in [1.82, 2.24) is 23.7 Å². The molecule has 0 unspecified atom stereocenters. The summed E-state index contributed by atoms with van der Waals surface area (Å²) in [5, 5.41) is 19.5. The number of hydrogen-bond donors (Lipinski definition) is 2. The fraction of sp³-hybridized carbons (Fsp3) is 0.174. The van der Waals surface area contributed by atoms with Crippen molar-refractivity contribution in [2.45, 2.75) is 20.0 Å². The van der Waals surface area contributed by atoms with Gasteiger partial charge < -0.3 is 14.7 Å². The van der Waals surface area contributed by atoms with E-state index in [0.717, 1.165) is 10.0 Å². The Bertz CT molecular complexity index is 1690. The molecular weight excluding hydrogens is 502 g/mol. The molecule has 11 heteroatoms. The number of nitrogens with zero attached hydrogens (tertiary/aromatic N) is 6. The number of hydrogen-bond acceptors (Lipinski definition) is 6. The zero-order valence-electron chi connectivity index (χ0n) is 18.4. The van der Waals surface area contributed by atoms with Crippen LogP contribution >= 0.6 is 15.9 Å². The summed E-state index contributed by atoms with van der Waals surface area (Å²) in [6.07, 6.45) is 0. The first-order chi connectivity index (χ1) is 16.4. The van der Waals surface area contributed by atoms with Crippen LogP contribution < -0.4 is 11.2 Å². The topological polar surface area (TPSA) is 123 Å². The molecule has 2 N–H and O–H groups in total. The quantitative estimate of drug-likeness (QED) is 0.334. The molecule has 0 spiro atoms. The Labute approximate surface area is 201 Å². The number of imidazole rings is 1. The van der Waals surface area contributed by atoms with E-state index in [4.69, 9.17) is 0 Å². The third kappa shape index (κ3) is 3.54. The van der Waals surface area contributed by atoms with Crippen molar-refractivity contribution in [3.63, 3.8) is 0 Å². The van der Waals surface area contributed by atoms with Gasteiger partial charge in [-0.25, -0.2) is 4.79 Å². The van der Waals surface area contributed by atoms with E-state index in [1.54, 1.807) is 11.6 Å². The lowest BCUT2D eigenvalue weighted by molar-refractivity contribution is 0.459. The van der Waals surface area contributed by atoms with Gasteiger partial charge >= 0.3 is 5.69 Å². The van der Waals surface area contributed by atoms with Gasteiger partial charge in [0.25, 0.3) is 11.5 Å². The summed E-state index contributed by atoms with van der Waals surface area (Å²) < 4.78 is 4.97. The van der Waals surface area contributed by atoms with Gasteiger partial charge in [-0.3, -0.25) is 13.9 Å². The van der Waals surface area contributed by atoms with Crippen LogP contribution in [0.2, 0.25) is 0 Å². The third-order valence-electron chi connectivity index (χ3n) is 5.67. The molecule has 172 valence electrons. The number of nitrogens with one attached hydrogen (secondary N) is 1. The van der Waals surface area contributed by atoms with Crippen LogP contribution in [-0.2, 0) is 20.1 Å². The van der Waals surface area contributed by atoms with Crippen LogP contribution in [-0.4, -0.2) is 28.8 Å². The molecule has 0 aliphatic rings. The van der Waals surface area contributed by atoms with E-state index in [2.05, 4.69) is 36.1 Å². The summed E-state index contributed by atoms with van der Waals surface area (Å²) in [6, 6.07) is 14.8. The van der Waals surface area contributed by atoms with Crippen LogP contribution in [0.3, 0.4) is 0 Å². The maximum Gasteiger partial charge on any atom is 0.332 e. The summed E-state index contributed by atoms with van der Waals surface area (Å²) in [5.41, 5.74) is 1.36. The fourth-order valence-corrected chi connectivity index (χ4v) is 4.33. The lowest BCUT2D eigenvalue weighted by Crippen LogP contribution is -2.39. The van der Waals surface area contributed by atoms with Crippen molar-refractivity contribution >= 4 is 49.6 Å². The highest BCUT2D eigenvalue weighted by Gasteiger charge is 2.20. The highest BCUT2D eigenvalue weighted by molar-refractivity contribution is 9.10. The Morgan fingerprint density at radius 2 is 1.85 bits per heavy atom. The second kappa shape index (κ2) is 8.41. The minimum atomic E-state index is -0.468. The Balaban J connectivity index is 1.67. The van der Waals surface area contributed by atoms with E-state index >= 15 is 0 Å². The molecule has 3 aromatic heterocycles. The minimum Gasteiger partial charge on any atom is -0.493 e. The summed E-state index contributed by atoms with van der Waals surface area (Å²) in [6.45, 7) is 2.38. The lowest BCUT2D eigenvalue weighted by atomic mass is 10.2. The van der Waals surface area contributed by atoms with Gasteiger partial charge in [0.05, 0.1) is 12.1 Å². The van der Waals surface area contributed by atoms with Crippen molar-refractivity contribution in [3.8, 4) is 5.88 Å². The highest BCUT2D eigenvalue weighted by Crippen LogP contribution is 2.37. The van der Waals surface area contributed by atoms with Crippen molar-refractivity contribution in [1.29, 1.82) is 0 Å². The molecule has 0 aliphatic carbocycles. The van der Waals surface area contributed by atoms with E-state index in [1.165, 1.54) is 9.13 Å². The third-order valence-corrected chi connectivity index (χ3v) is 6.16. The van der Waals surface area contributed by atoms with Gasteiger partial charge in [0, 0.05) is 23.5 Å². The van der Waals surface area contributed by atoms with Crippen LogP contribution in [0, 0.1) is 0 Å². The summed E-state index contributed by atoms with van der Waals surface area (Å²) in [7, 11) is 1.57. The number of halogens is 1. The van der Waals surface area contributed by atoms with Crippen molar-refractivity contribution in [3.05, 3.63) is 79.4 Å². The average molecular weight is 522 g/mol. The summed E-state index contributed by atoms with van der Waals surface area (Å²) in [4.78, 5) is 33.6. The smallest absolute Gasteiger partial charge is 0.332 e. The summed E-state index contributed by atoms with van der Waals surface area (Å²) >= 11 is 3.42. The number of fused-ring (bicyclic) bond motifs is 2. The number of azo groups is 1. The standard InChI is InChI=1S/C23H20BrN7O3/c1-3-30-18-19(29(2)23(34)31(21(18)33)12-13-7-5-4-6-8-13)26-22(30)28-27-17-15-11-14(24)9-10-16(15)25-20(17)32/h4-11,25,32H,3,12H2,1-2H3. The number of benzene rings is 2. The van der Waals surface area contributed by atoms with Gasteiger partial charge in [0.15, 0.2) is 16.9 Å². The Morgan fingerprint density at radius 3 is 2.59 bits per heavy atom. The largest absolute Gasteiger partial charge is 0.493 e. The molecule has 34 heavy (non-hydrogen) atoms. The highest BCUT2D eigenvalue weighted by atomic mass is 79.9. The van der Waals surface area contributed by atoms with Gasteiger partial charge in [0.1, 0.15) is 0 Å². The normalized spacial score (nSPS) is 11.9. The fourth-order valence-electron chi connectivity index (χ4n) is 3.97. The van der Waals surface area contributed by atoms with Crippen molar-refractivity contribution in [2.75, 3.05) is 0 Å². The SMILES string of the molecule is CCn1c(N=Nc2c(O)[nH]c3ccc(Br)cc23)nc2c1c(=O)n(Cc1ccccc1)c(=O)n2C. The number of rotatable bonds is 5. The van der Waals surface area contributed by atoms with E-state index in [-0.39, 0.29) is 35.2 Å². The maximum atomic E-state index is 13.4. The Hall–Kier alpha value is -3.99. The molecule has 0 amide bonds. The first kappa shape index (κ1) is 21.8. The number of aromatic hydroxyl groups is 1. The molecule has 3 heterocycles. The van der Waals surface area contributed by atoms with Gasteiger partial charge in [-0.05, 0) is 30.7 Å². The van der Waals surface area contributed by atoms with E-state index in [1.807, 2.05) is 55.5 Å². The monoisotopic (exact) mass is 521 g/mol. The molecule has 5 rings (SSSR count). The molecule has 0 saturated carbocycles. The number of aromatic nitrogens is 5. The number of H-pyrrole nitrogens is 1. The van der Waals surface area contributed by atoms with Crippen LogP contribution in [0.4, 0.5) is 11.6 Å². The molecule has 0 bridgehead atoms. The van der Waals surface area contributed by atoms with Crippen LogP contribution in [0.25, 0.3) is 22.1 Å². The molecule has 0 aliphatic heterocycles. The van der Waals surface area contributed by atoms with Crippen molar-refractivity contribution in [2.24, 2.45) is 17.3 Å². The predicted molar refractivity (Wildman–Crippen MR) is 132 cm³/mol. The summed E-state index contributed by atoms with van der Waals surface area (Å²) in [5.74, 6) is 0.0273.